The zero-order valence-corrected chi connectivity index (χ0v) is 14.9. The normalized spacial score (nSPS) is 27.2. The van der Waals surface area contributed by atoms with Gasteiger partial charge in [0.05, 0.1) is 24.9 Å². The summed E-state index contributed by atoms with van der Waals surface area (Å²) in [6, 6.07) is 0. The van der Waals surface area contributed by atoms with Crippen LogP contribution in [-0.2, 0) is 14.2 Å². The van der Waals surface area contributed by atoms with Crippen LogP contribution in [0.2, 0.25) is 0 Å². The average Bonchev–Trinajstić information content (AvgIpc) is 2.84. The molecule has 3 nitrogen and oxygen atoms in total. The van der Waals surface area contributed by atoms with Crippen molar-refractivity contribution in [2.45, 2.75) is 84.2 Å². The van der Waals surface area contributed by atoms with E-state index in [-0.39, 0.29) is 5.60 Å². The molecule has 2 fully saturated rings. The van der Waals surface area contributed by atoms with E-state index in [9.17, 15) is 0 Å². The Balaban J connectivity index is 1.62. The van der Waals surface area contributed by atoms with Crippen LogP contribution in [-0.4, -0.2) is 30.7 Å². The Labute approximate surface area is 135 Å². The molecule has 0 radical (unpaired) electrons. The summed E-state index contributed by atoms with van der Waals surface area (Å²) in [5.41, 5.74) is 3.02. The van der Waals surface area contributed by atoms with E-state index >= 15 is 0 Å². The lowest BCUT2D eigenvalue weighted by molar-refractivity contribution is -0.138. The fourth-order valence-corrected chi connectivity index (χ4v) is 2.88. The van der Waals surface area contributed by atoms with E-state index < -0.39 is 5.79 Å². The van der Waals surface area contributed by atoms with Gasteiger partial charge in [-0.05, 0) is 60.3 Å². The molecule has 0 bridgehead atoms. The zero-order chi connectivity index (χ0) is 16.2. The van der Waals surface area contributed by atoms with Gasteiger partial charge in [-0.15, -0.1) is 0 Å². The first-order chi connectivity index (χ1) is 10.3. The molecule has 0 aromatic carbocycles. The first-order valence-corrected chi connectivity index (χ1v) is 8.58. The van der Waals surface area contributed by atoms with Crippen LogP contribution in [0.25, 0.3) is 0 Å². The fraction of sp³-hybridized carbons (Fsp3) is 0.789. The zero-order valence-electron chi connectivity index (χ0n) is 14.9. The third kappa shape index (κ3) is 5.53. The predicted octanol–water partition coefficient (Wildman–Crippen LogP) is 4.77. The Morgan fingerprint density at radius 1 is 1.00 bits per heavy atom. The Morgan fingerprint density at radius 3 is 2.18 bits per heavy atom. The number of rotatable bonds is 8. The van der Waals surface area contributed by atoms with Crippen LogP contribution < -0.4 is 0 Å². The van der Waals surface area contributed by atoms with Crippen LogP contribution in [0, 0.1) is 0 Å². The molecule has 2 aliphatic rings. The van der Waals surface area contributed by atoms with Crippen molar-refractivity contribution in [3.05, 3.63) is 23.3 Å². The fourth-order valence-electron chi connectivity index (χ4n) is 2.88. The van der Waals surface area contributed by atoms with E-state index in [2.05, 4.69) is 39.8 Å². The molecule has 0 aromatic heterocycles. The summed E-state index contributed by atoms with van der Waals surface area (Å²) in [7, 11) is 0. The third-order valence-corrected chi connectivity index (χ3v) is 4.72. The van der Waals surface area contributed by atoms with E-state index in [1.165, 1.54) is 11.1 Å². The van der Waals surface area contributed by atoms with Crippen molar-refractivity contribution < 1.29 is 14.2 Å². The number of ether oxygens (including phenoxy) is 3. The lowest BCUT2D eigenvalue weighted by atomic mass is 10.0. The Kier molecular flexibility index (Phi) is 5.87. The van der Waals surface area contributed by atoms with Crippen LogP contribution in [0.15, 0.2) is 23.3 Å². The smallest absolute Gasteiger partial charge is 0.169 e. The van der Waals surface area contributed by atoms with Gasteiger partial charge in [-0.1, -0.05) is 23.3 Å². The number of hydrogen-bond acceptors (Lipinski definition) is 3. The maximum absolute atomic E-state index is 5.63. The summed E-state index contributed by atoms with van der Waals surface area (Å²) in [6.07, 6.45) is 10.5. The van der Waals surface area contributed by atoms with Gasteiger partial charge in [-0.2, -0.15) is 0 Å². The third-order valence-electron chi connectivity index (χ3n) is 4.72. The summed E-state index contributed by atoms with van der Waals surface area (Å²) < 4.78 is 16.9. The van der Waals surface area contributed by atoms with Gasteiger partial charge in [-0.25, -0.2) is 0 Å². The van der Waals surface area contributed by atoms with Gasteiger partial charge >= 0.3 is 0 Å². The number of epoxide rings is 1. The molecule has 0 aliphatic carbocycles. The quantitative estimate of drug-likeness (QED) is 0.478. The van der Waals surface area contributed by atoms with E-state index in [1.54, 1.807) is 0 Å². The SMILES string of the molecule is C/C(=C\CC1(C)OCCO1)CC/C=C(\C)CCC1OC1(C)C. The van der Waals surface area contributed by atoms with Gasteiger partial charge in [0.2, 0.25) is 0 Å². The van der Waals surface area contributed by atoms with Crippen LogP contribution >= 0.6 is 0 Å². The Bertz CT molecular complexity index is 428. The molecule has 2 saturated heterocycles. The summed E-state index contributed by atoms with van der Waals surface area (Å²) in [5, 5.41) is 0. The van der Waals surface area contributed by atoms with Crippen molar-refractivity contribution in [2.24, 2.45) is 0 Å². The summed E-state index contributed by atoms with van der Waals surface area (Å²) in [5.74, 6) is -0.399. The first-order valence-electron chi connectivity index (χ1n) is 8.58. The summed E-state index contributed by atoms with van der Waals surface area (Å²) in [6.45, 7) is 12.2. The summed E-state index contributed by atoms with van der Waals surface area (Å²) >= 11 is 0. The highest BCUT2D eigenvalue weighted by molar-refractivity contribution is 5.06. The average molecular weight is 308 g/mol. The lowest BCUT2D eigenvalue weighted by Crippen LogP contribution is -2.24. The van der Waals surface area contributed by atoms with Crippen molar-refractivity contribution >= 4 is 0 Å². The van der Waals surface area contributed by atoms with Crippen LogP contribution in [0.5, 0.6) is 0 Å². The number of allylic oxidation sites excluding steroid dienone is 3. The number of hydrogen-bond donors (Lipinski definition) is 0. The monoisotopic (exact) mass is 308 g/mol. The van der Waals surface area contributed by atoms with Crippen LogP contribution in [0.3, 0.4) is 0 Å². The highest BCUT2D eigenvalue weighted by Crippen LogP contribution is 2.38. The van der Waals surface area contributed by atoms with Crippen molar-refractivity contribution in [1.82, 2.24) is 0 Å². The van der Waals surface area contributed by atoms with E-state index in [4.69, 9.17) is 14.2 Å². The van der Waals surface area contributed by atoms with Crippen LogP contribution in [0.1, 0.15) is 66.7 Å². The topological polar surface area (TPSA) is 31.0 Å². The largest absolute Gasteiger partial charge is 0.367 e. The minimum absolute atomic E-state index is 0.125. The first kappa shape index (κ1) is 17.7. The van der Waals surface area contributed by atoms with Crippen LogP contribution in [0.4, 0.5) is 0 Å². The molecule has 0 saturated carbocycles. The molecular weight excluding hydrogens is 276 g/mol. The van der Waals surface area contributed by atoms with Gasteiger partial charge in [0, 0.05) is 6.42 Å². The van der Waals surface area contributed by atoms with Gasteiger partial charge in [0.25, 0.3) is 0 Å². The minimum atomic E-state index is -0.399. The lowest BCUT2D eigenvalue weighted by Gasteiger charge is -2.20. The highest BCUT2D eigenvalue weighted by Gasteiger charge is 2.46. The maximum atomic E-state index is 5.63. The second-order valence-corrected chi connectivity index (χ2v) is 7.42. The standard InChI is InChI=1S/C19H32O3/c1-15(9-10-17-18(3,4)22-17)7-6-8-16(2)11-12-19(5)20-13-14-21-19/h7,11,17H,6,8-10,12-14H2,1-5H3/b15-7+,16-11+. The predicted molar refractivity (Wildman–Crippen MR) is 89.9 cm³/mol. The van der Waals surface area contributed by atoms with E-state index in [1.807, 2.05) is 6.92 Å². The van der Waals surface area contributed by atoms with Gasteiger partial charge in [-0.3, -0.25) is 0 Å². The van der Waals surface area contributed by atoms with Crippen molar-refractivity contribution in [2.75, 3.05) is 13.2 Å². The minimum Gasteiger partial charge on any atom is -0.367 e. The molecule has 0 N–H and O–H groups in total. The van der Waals surface area contributed by atoms with E-state index in [0.29, 0.717) is 19.3 Å². The Hall–Kier alpha value is -0.640. The van der Waals surface area contributed by atoms with Crippen molar-refractivity contribution in [3.63, 3.8) is 0 Å². The molecule has 2 rings (SSSR count). The molecule has 3 heteroatoms. The molecule has 2 heterocycles. The maximum Gasteiger partial charge on any atom is 0.169 e. The van der Waals surface area contributed by atoms with E-state index in [0.717, 1.165) is 32.1 Å². The molecule has 1 unspecified atom stereocenters. The Morgan fingerprint density at radius 2 is 1.59 bits per heavy atom. The molecular formula is C19H32O3. The molecule has 126 valence electrons. The van der Waals surface area contributed by atoms with Gasteiger partial charge < -0.3 is 14.2 Å². The molecule has 22 heavy (non-hydrogen) atoms. The molecule has 0 spiro atoms. The van der Waals surface area contributed by atoms with Crippen molar-refractivity contribution in [1.29, 1.82) is 0 Å². The molecule has 2 aliphatic heterocycles. The molecule has 0 amide bonds. The molecule has 1 atom stereocenters. The molecule has 0 aromatic rings. The second kappa shape index (κ2) is 7.29. The highest BCUT2D eigenvalue weighted by atomic mass is 16.7. The van der Waals surface area contributed by atoms with Gasteiger partial charge in [0.1, 0.15) is 0 Å². The van der Waals surface area contributed by atoms with Crippen molar-refractivity contribution in [3.8, 4) is 0 Å². The summed E-state index contributed by atoms with van der Waals surface area (Å²) in [4.78, 5) is 0. The second-order valence-electron chi connectivity index (χ2n) is 7.42. The van der Waals surface area contributed by atoms with Gasteiger partial charge in [0.15, 0.2) is 5.79 Å².